The number of urea groups is 1. The predicted molar refractivity (Wildman–Crippen MR) is 83.4 cm³/mol. The largest absolute Gasteiger partial charge is 0.389 e. The van der Waals surface area contributed by atoms with Crippen LogP contribution in [0.5, 0.6) is 0 Å². The summed E-state index contributed by atoms with van der Waals surface area (Å²) in [5.74, 6) is 0. The van der Waals surface area contributed by atoms with Crippen LogP contribution in [-0.4, -0.2) is 48.1 Å². The van der Waals surface area contributed by atoms with Gasteiger partial charge < -0.3 is 20.9 Å². The minimum atomic E-state index is 0.0384. The lowest BCUT2D eigenvalue weighted by atomic mass is 10.1. The Balaban J connectivity index is 1.79. The minimum absolute atomic E-state index is 0.0384. The first-order chi connectivity index (χ1) is 9.56. The number of carbonyl (C=O) groups excluding carboxylic acids is 1. The van der Waals surface area contributed by atoms with E-state index in [1.807, 2.05) is 23.1 Å². The van der Waals surface area contributed by atoms with E-state index in [4.69, 9.17) is 29.6 Å². The number of fused-ring (bicyclic) bond motifs is 1. The van der Waals surface area contributed by atoms with Crippen molar-refractivity contribution in [2.45, 2.75) is 6.04 Å². The van der Waals surface area contributed by atoms with Gasteiger partial charge in [0, 0.05) is 37.4 Å². The summed E-state index contributed by atoms with van der Waals surface area (Å²) in [4.78, 5) is 16.0. The Hall–Kier alpha value is -1.53. The Morgan fingerprint density at radius 2 is 2.25 bits per heavy atom. The zero-order chi connectivity index (χ0) is 14.3. The fourth-order valence-electron chi connectivity index (χ4n) is 2.74. The average Bonchev–Trinajstić information content (AvgIpc) is 2.79. The van der Waals surface area contributed by atoms with E-state index in [0.29, 0.717) is 22.1 Å². The van der Waals surface area contributed by atoms with Gasteiger partial charge in [0.05, 0.1) is 11.1 Å². The van der Waals surface area contributed by atoms with Crippen LogP contribution in [-0.2, 0) is 0 Å². The molecule has 2 heterocycles. The summed E-state index contributed by atoms with van der Waals surface area (Å²) in [7, 11) is 0. The van der Waals surface area contributed by atoms with Crippen LogP contribution in [0.3, 0.4) is 0 Å². The van der Waals surface area contributed by atoms with Crippen molar-refractivity contribution in [3.05, 3.63) is 28.8 Å². The molecule has 2 aliphatic rings. The lowest BCUT2D eigenvalue weighted by Gasteiger charge is -2.37. The number of hydrogen-bond donors (Lipinski definition) is 2. The fraction of sp³-hybridized carbons (Fsp3) is 0.385. The van der Waals surface area contributed by atoms with Gasteiger partial charge in [-0.25, -0.2) is 4.79 Å². The van der Waals surface area contributed by atoms with Crippen molar-refractivity contribution in [1.29, 1.82) is 0 Å². The molecule has 3 N–H and O–H groups in total. The Labute approximate surface area is 127 Å². The number of halogens is 1. The van der Waals surface area contributed by atoms with Gasteiger partial charge in [0.15, 0.2) is 0 Å². The quantitative estimate of drug-likeness (QED) is 0.806. The van der Waals surface area contributed by atoms with Gasteiger partial charge >= 0.3 is 6.03 Å². The Kier molecular flexibility index (Phi) is 3.43. The summed E-state index contributed by atoms with van der Waals surface area (Å²) in [5, 5.41) is 3.44. The lowest BCUT2D eigenvalue weighted by Crippen LogP contribution is -2.52. The number of nitrogens with two attached hydrogens (primary N) is 1. The van der Waals surface area contributed by atoms with E-state index in [9.17, 15) is 4.79 Å². The maximum atomic E-state index is 11.6. The molecule has 0 bridgehead atoms. The van der Waals surface area contributed by atoms with Crippen LogP contribution in [0.2, 0.25) is 5.02 Å². The highest BCUT2D eigenvalue weighted by Gasteiger charge is 2.35. The van der Waals surface area contributed by atoms with Crippen LogP contribution >= 0.6 is 23.8 Å². The number of anilines is 1. The van der Waals surface area contributed by atoms with Gasteiger partial charge in [-0.15, -0.1) is 0 Å². The van der Waals surface area contributed by atoms with Crippen molar-refractivity contribution in [2.24, 2.45) is 5.73 Å². The highest BCUT2D eigenvalue weighted by molar-refractivity contribution is 7.80. The van der Waals surface area contributed by atoms with E-state index >= 15 is 0 Å². The highest BCUT2D eigenvalue weighted by Crippen LogP contribution is 2.26. The summed E-state index contributed by atoms with van der Waals surface area (Å²) in [6.45, 7) is 3.04. The maximum absolute atomic E-state index is 11.6. The first-order valence-electron chi connectivity index (χ1n) is 6.45. The second-order valence-corrected chi connectivity index (χ2v) is 5.85. The number of carbonyl (C=O) groups is 1. The van der Waals surface area contributed by atoms with Crippen molar-refractivity contribution in [2.75, 3.05) is 31.1 Å². The molecule has 3 rings (SSSR count). The van der Waals surface area contributed by atoms with E-state index in [1.165, 1.54) is 0 Å². The minimum Gasteiger partial charge on any atom is -0.389 e. The van der Waals surface area contributed by atoms with Gasteiger partial charge in [-0.05, 0) is 18.2 Å². The number of hydrogen-bond acceptors (Lipinski definition) is 3. The molecule has 0 aromatic heterocycles. The summed E-state index contributed by atoms with van der Waals surface area (Å²) in [6.07, 6.45) is 0. The first-order valence-corrected chi connectivity index (χ1v) is 7.23. The zero-order valence-corrected chi connectivity index (χ0v) is 12.4. The van der Waals surface area contributed by atoms with Crippen LogP contribution in [0.4, 0.5) is 10.5 Å². The Bertz CT molecular complexity index is 579. The number of piperazine rings is 1. The second kappa shape index (κ2) is 5.10. The molecule has 1 aromatic carbocycles. The number of rotatable bonds is 2. The van der Waals surface area contributed by atoms with Crippen LogP contribution in [0.15, 0.2) is 18.2 Å². The van der Waals surface area contributed by atoms with Crippen molar-refractivity contribution in [1.82, 2.24) is 10.2 Å². The molecule has 5 nitrogen and oxygen atoms in total. The van der Waals surface area contributed by atoms with E-state index in [0.717, 1.165) is 25.3 Å². The van der Waals surface area contributed by atoms with Crippen molar-refractivity contribution < 1.29 is 4.79 Å². The molecule has 2 aliphatic heterocycles. The molecule has 1 atom stereocenters. The van der Waals surface area contributed by atoms with Crippen LogP contribution in [0, 0.1) is 0 Å². The Morgan fingerprint density at radius 1 is 1.45 bits per heavy atom. The zero-order valence-electron chi connectivity index (χ0n) is 10.8. The van der Waals surface area contributed by atoms with E-state index in [1.54, 1.807) is 0 Å². The smallest absolute Gasteiger partial charge is 0.317 e. The van der Waals surface area contributed by atoms with Gasteiger partial charge in [0.2, 0.25) is 0 Å². The van der Waals surface area contributed by atoms with Gasteiger partial charge in [-0.3, -0.25) is 0 Å². The third-order valence-electron chi connectivity index (χ3n) is 3.82. The number of nitrogens with zero attached hydrogens (tertiary/aromatic N) is 2. The van der Waals surface area contributed by atoms with Crippen molar-refractivity contribution in [3.8, 4) is 0 Å². The normalized spacial score (nSPS) is 21.6. The molecule has 0 radical (unpaired) electrons. The first kappa shape index (κ1) is 13.5. The number of thiocarbonyl (C=S) groups is 1. The molecule has 1 aromatic rings. The van der Waals surface area contributed by atoms with Crippen LogP contribution < -0.4 is 16.0 Å². The fourth-order valence-corrected chi connectivity index (χ4v) is 3.25. The summed E-state index contributed by atoms with van der Waals surface area (Å²) >= 11 is 11.2. The lowest BCUT2D eigenvalue weighted by molar-refractivity contribution is 0.197. The predicted octanol–water partition coefficient (Wildman–Crippen LogP) is 1.19. The standard InChI is InChI=1S/C13H15ClN4OS/c14-11-5-8(1-2-10(11)12(15)20)17-3-4-18-9(7-17)6-16-13(18)19/h1-2,5,9H,3-4,6-7H2,(H2,15,20)(H,16,19). The molecule has 0 saturated carbocycles. The molecule has 2 saturated heterocycles. The monoisotopic (exact) mass is 310 g/mol. The number of benzene rings is 1. The highest BCUT2D eigenvalue weighted by atomic mass is 35.5. The molecule has 1 unspecified atom stereocenters. The third kappa shape index (κ3) is 2.29. The van der Waals surface area contributed by atoms with E-state index in [-0.39, 0.29) is 12.1 Å². The molecule has 0 spiro atoms. The molecule has 7 heteroatoms. The molecular formula is C13H15ClN4OS. The molecular weight excluding hydrogens is 296 g/mol. The number of nitrogens with one attached hydrogen (secondary N) is 1. The van der Waals surface area contributed by atoms with Gasteiger partial charge in [0.1, 0.15) is 4.99 Å². The topological polar surface area (TPSA) is 61.6 Å². The van der Waals surface area contributed by atoms with Crippen LogP contribution in [0.25, 0.3) is 0 Å². The van der Waals surface area contributed by atoms with Gasteiger partial charge in [-0.2, -0.15) is 0 Å². The van der Waals surface area contributed by atoms with Crippen molar-refractivity contribution in [3.63, 3.8) is 0 Å². The summed E-state index contributed by atoms with van der Waals surface area (Å²) in [6, 6.07) is 5.97. The Morgan fingerprint density at radius 3 is 2.95 bits per heavy atom. The van der Waals surface area contributed by atoms with Crippen molar-refractivity contribution >= 4 is 40.5 Å². The molecule has 106 valence electrons. The van der Waals surface area contributed by atoms with Crippen LogP contribution in [0.1, 0.15) is 5.56 Å². The maximum Gasteiger partial charge on any atom is 0.317 e. The number of amides is 2. The molecule has 2 amide bonds. The molecule has 20 heavy (non-hydrogen) atoms. The molecule has 2 fully saturated rings. The SMILES string of the molecule is NC(=S)c1ccc(N2CCN3C(=O)NCC3C2)cc1Cl. The van der Waals surface area contributed by atoms with Gasteiger partial charge in [-0.1, -0.05) is 23.8 Å². The second-order valence-electron chi connectivity index (χ2n) is 5.01. The average molecular weight is 311 g/mol. The summed E-state index contributed by atoms with van der Waals surface area (Å²) in [5.41, 5.74) is 7.34. The third-order valence-corrected chi connectivity index (χ3v) is 4.35. The van der Waals surface area contributed by atoms with E-state index < -0.39 is 0 Å². The van der Waals surface area contributed by atoms with E-state index in [2.05, 4.69) is 10.2 Å². The molecule has 0 aliphatic carbocycles. The van der Waals surface area contributed by atoms with Gasteiger partial charge in [0.25, 0.3) is 0 Å². The summed E-state index contributed by atoms with van der Waals surface area (Å²) < 4.78 is 0.